The maximum absolute atomic E-state index is 5.95. The number of fused-ring (bicyclic) bond motifs is 1. The molecule has 1 aliphatic carbocycles. The van der Waals surface area contributed by atoms with E-state index in [2.05, 4.69) is 27.0 Å². The molecule has 1 saturated heterocycles. The third kappa shape index (κ3) is 2.72. The lowest BCUT2D eigenvalue weighted by molar-refractivity contribution is -0.0949. The highest BCUT2D eigenvalue weighted by Gasteiger charge is 2.51. The molecule has 6 heteroatoms. The first-order chi connectivity index (χ1) is 10.2. The highest BCUT2D eigenvalue weighted by atomic mass is 16.5. The van der Waals surface area contributed by atoms with Gasteiger partial charge in [-0.15, -0.1) is 0 Å². The maximum atomic E-state index is 5.95. The molecule has 0 aromatic carbocycles. The van der Waals surface area contributed by atoms with Gasteiger partial charge in [-0.3, -0.25) is 10.00 Å². The largest absolute Gasteiger partial charge is 0.381 e. The van der Waals surface area contributed by atoms with Crippen molar-refractivity contribution in [2.45, 2.75) is 63.3 Å². The van der Waals surface area contributed by atoms with Crippen LogP contribution in [0, 0.1) is 0 Å². The van der Waals surface area contributed by atoms with Crippen LogP contribution in [0.3, 0.4) is 0 Å². The second-order valence-corrected chi connectivity index (χ2v) is 6.19. The van der Waals surface area contributed by atoms with Gasteiger partial charge >= 0.3 is 0 Å². The van der Waals surface area contributed by atoms with Gasteiger partial charge in [0.15, 0.2) is 0 Å². The van der Waals surface area contributed by atoms with Crippen molar-refractivity contribution in [3.8, 4) is 0 Å². The minimum atomic E-state index is 0.00262. The summed E-state index contributed by atoms with van der Waals surface area (Å²) in [6, 6.07) is 0.413. The van der Waals surface area contributed by atoms with E-state index < -0.39 is 0 Å². The number of ether oxygens (including phenoxy) is 2. The van der Waals surface area contributed by atoms with Crippen molar-refractivity contribution in [1.29, 1.82) is 0 Å². The lowest BCUT2D eigenvalue weighted by atomic mass is 9.79. The molecule has 21 heavy (non-hydrogen) atoms. The molecule has 3 rings (SSSR count). The Morgan fingerprint density at radius 1 is 1.38 bits per heavy atom. The lowest BCUT2D eigenvalue weighted by Gasteiger charge is -2.43. The molecule has 1 aliphatic heterocycles. The van der Waals surface area contributed by atoms with E-state index in [1.165, 1.54) is 0 Å². The summed E-state index contributed by atoms with van der Waals surface area (Å²) >= 11 is 0. The first-order valence-corrected chi connectivity index (χ1v) is 7.93. The fourth-order valence-electron chi connectivity index (χ4n) is 3.92. The third-order valence-corrected chi connectivity index (χ3v) is 5.23. The zero-order chi connectivity index (χ0) is 14.9. The Balaban J connectivity index is 1.73. The predicted octanol–water partition coefficient (Wildman–Crippen LogP) is 1.53. The van der Waals surface area contributed by atoms with E-state index >= 15 is 0 Å². The summed E-state index contributed by atoms with van der Waals surface area (Å²) in [6.45, 7) is 3.94. The van der Waals surface area contributed by atoms with Crippen LogP contribution in [-0.4, -0.2) is 58.6 Å². The third-order valence-electron chi connectivity index (χ3n) is 5.23. The fourth-order valence-corrected chi connectivity index (χ4v) is 3.92. The zero-order valence-corrected chi connectivity index (χ0v) is 13.3. The predicted molar refractivity (Wildman–Crippen MR) is 79.0 cm³/mol. The highest BCUT2D eigenvalue weighted by Crippen LogP contribution is 2.43. The van der Waals surface area contributed by atoms with Gasteiger partial charge in [0.1, 0.15) is 11.6 Å². The average molecular weight is 294 g/mol. The van der Waals surface area contributed by atoms with Crippen LogP contribution in [0.25, 0.3) is 0 Å². The number of H-pyrrole nitrogens is 1. The summed E-state index contributed by atoms with van der Waals surface area (Å²) in [5.41, 5.74) is 0.00262. The molecule has 1 aromatic rings. The summed E-state index contributed by atoms with van der Waals surface area (Å²) < 4.78 is 11.5. The molecule has 0 radical (unpaired) electrons. The van der Waals surface area contributed by atoms with Crippen molar-refractivity contribution in [2.24, 2.45) is 0 Å². The molecule has 3 atom stereocenters. The minimum absolute atomic E-state index is 0.00262. The number of rotatable bonds is 5. The maximum Gasteiger partial charge on any atom is 0.150 e. The molecule has 118 valence electrons. The molecular weight excluding hydrogens is 268 g/mol. The summed E-state index contributed by atoms with van der Waals surface area (Å²) in [5, 5.41) is 7.29. The van der Waals surface area contributed by atoms with Crippen molar-refractivity contribution >= 4 is 0 Å². The van der Waals surface area contributed by atoms with Crippen molar-refractivity contribution in [1.82, 2.24) is 20.1 Å². The van der Waals surface area contributed by atoms with E-state index in [1.54, 1.807) is 0 Å². The molecule has 2 heterocycles. The van der Waals surface area contributed by atoms with E-state index in [9.17, 15) is 0 Å². The normalized spacial score (nSPS) is 33.3. The van der Waals surface area contributed by atoms with Crippen molar-refractivity contribution in [2.75, 3.05) is 20.8 Å². The van der Waals surface area contributed by atoms with E-state index in [0.717, 1.165) is 56.8 Å². The zero-order valence-electron chi connectivity index (χ0n) is 13.3. The van der Waals surface area contributed by atoms with E-state index in [0.29, 0.717) is 12.1 Å². The summed E-state index contributed by atoms with van der Waals surface area (Å²) in [4.78, 5) is 7.02. The number of nitrogens with one attached hydrogen (secondary N) is 1. The van der Waals surface area contributed by atoms with Crippen LogP contribution in [0.2, 0.25) is 0 Å². The molecular formula is C15H26N4O2. The van der Waals surface area contributed by atoms with Crippen LogP contribution in [0.5, 0.6) is 0 Å². The second-order valence-electron chi connectivity index (χ2n) is 6.19. The second kappa shape index (κ2) is 6.02. The molecule has 2 aliphatic rings. The quantitative estimate of drug-likeness (QED) is 0.892. The van der Waals surface area contributed by atoms with Gasteiger partial charge in [0.2, 0.25) is 0 Å². The van der Waals surface area contributed by atoms with Crippen LogP contribution >= 0.6 is 0 Å². The Labute approximate surface area is 126 Å². The van der Waals surface area contributed by atoms with Crippen LogP contribution in [0.15, 0.2) is 0 Å². The molecule has 0 unspecified atom stereocenters. The number of hydrogen-bond acceptors (Lipinski definition) is 5. The van der Waals surface area contributed by atoms with Gasteiger partial charge in [0.05, 0.1) is 18.2 Å². The molecule has 6 nitrogen and oxygen atoms in total. The van der Waals surface area contributed by atoms with Crippen molar-refractivity contribution in [3.63, 3.8) is 0 Å². The molecule has 1 saturated carbocycles. The van der Waals surface area contributed by atoms with Gasteiger partial charge in [0.25, 0.3) is 0 Å². The van der Waals surface area contributed by atoms with Crippen LogP contribution in [-0.2, 0) is 22.4 Å². The van der Waals surface area contributed by atoms with Gasteiger partial charge in [-0.2, -0.15) is 5.10 Å². The Kier molecular flexibility index (Phi) is 4.28. The fraction of sp³-hybridized carbons (Fsp3) is 0.867. The SMILES string of the molecule is CCc1n[nH]c(CN2CC[C@]3(OC)CC[C@@H](OC)C[C@H]23)n1. The molecule has 0 bridgehead atoms. The van der Waals surface area contributed by atoms with Crippen LogP contribution < -0.4 is 0 Å². The topological polar surface area (TPSA) is 63.3 Å². The molecule has 1 aromatic heterocycles. The average Bonchev–Trinajstić information content (AvgIpc) is 3.12. The molecule has 0 spiro atoms. The molecule has 2 fully saturated rings. The number of aromatic nitrogens is 3. The number of nitrogens with zero attached hydrogens (tertiary/aromatic N) is 3. The Bertz CT molecular complexity index is 478. The van der Waals surface area contributed by atoms with E-state index in [4.69, 9.17) is 9.47 Å². The highest BCUT2D eigenvalue weighted by molar-refractivity contribution is 5.06. The molecule has 1 N–H and O–H groups in total. The van der Waals surface area contributed by atoms with Gasteiger partial charge in [-0.1, -0.05) is 6.92 Å². The van der Waals surface area contributed by atoms with Crippen LogP contribution in [0.1, 0.15) is 44.3 Å². The smallest absolute Gasteiger partial charge is 0.150 e. The minimum Gasteiger partial charge on any atom is -0.381 e. The summed E-state index contributed by atoms with van der Waals surface area (Å²) in [7, 11) is 3.67. The first-order valence-electron chi connectivity index (χ1n) is 7.93. The Morgan fingerprint density at radius 3 is 2.90 bits per heavy atom. The lowest BCUT2D eigenvalue weighted by Crippen LogP contribution is -2.51. The molecule has 0 amide bonds. The van der Waals surface area contributed by atoms with Gasteiger partial charge in [-0.05, 0) is 25.7 Å². The number of aromatic amines is 1. The summed E-state index contributed by atoms with van der Waals surface area (Å²) in [6.07, 6.45) is 5.53. The monoisotopic (exact) mass is 294 g/mol. The first kappa shape index (κ1) is 14.9. The van der Waals surface area contributed by atoms with E-state index in [-0.39, 0.29) is 5.60 Å². The van der Waals surface area contributed by atoms with Gasteiger partial charge in [-0.25, -0.2) is 4.98 Å². The number of hydrogen-bond donors (Lipinski definition) is 1. The summed E-state index contributed by atoms with van der Waals surface area (Å²) in [5.74, 6) is 1.85. The van der Waals surface area contributed by atoms with Crippen LogP contribution in [0.4, 0.5) is 0 Å². The standard InChI is InChI=1S/C15H26N4O2/c1-4-13-16-14(18-17-13)10-19-8-7-15(21-3)6-5-11(20-2)9-12(15)19/h11-12H,4-10H2,1-3H3,(H,16,17,18)/t11-,12+,15-/m1/s1. The van der Waals surface area contributed by atoms with Gasteiger partial charge in [0, 0.05) is 33.2 Å². The number of likely N-dealkylation sites (tertiary alicyclic amines) is 1. The van der Waals surface area contributed by atoms with Gasteiger partial charge < -0.3 is 9.47 Å². The Morgan fingerprint density at radius 2 is 2.24 bits per heavy atom. The van der Waals surface area contributed by atoms with Crippen molar-refractivity contribution < 1.29 is 9.47 Å². The number of methoxy groups -OCH3 is 2. The Hall–Kier alpha value is -0.980. The van der Waals surface area contributed by atoms with E-state index in [1.807, 2.05) is 14.2 Å². The number of aryl methyl sites for hydroxylation is 1. The van der Waals surface area contributed by atoms with Crippen molar-refractivity contribution in [3.05, 3.63) is 11.6 Å².